The number of carbonyl (C=O) groups excluding carboxylic acids is 2. The number of ether oxygens (including phenoxy) is 3. The molecule has 0 unspecified atom stereocenters. The number of likely N-dealkylation sites (tertiary alicyclic amines) is 1. The van der Waals surface area contributed by atoms with Crippen LogP contribution in [0.3, 0.4) is 0 Å². The SMILES string of the molecule is C=C[C@]1(O[Si](C)(C)C)C[C@@]2(C(=O)OC)[C@@H](O)C(=O)N(CCCSc3ccccc3)[C@@]12c1ccc(OC)c(OC)c1. The van der Waals surface area contributed by atoms with Crippen LogP contribution in [0.1, 0.15) is 18.4 Å². The summed E-state index contributed by atoms with van der Waals surface area (Å²) in [4.78, 5) is 30.5. The fourth-order valence-electron chi connectivity index (χ4n) is 6.59. The van der Waals surface area contributed by atoms with Crippen LogP contribution in [0.25, 0.3) is 0 Å². The van der Waals surface area contributed by atoms with E-state index in [1.165, 1.54) is 14.2 Å². The molecule has 1 saturated heterocycles. The molecule has 1 heterocycles. The van der Waals surface area contributed by atoms with Crippen molar-refractivity contribution in [2.24, 2.45) is 5.41 Å². The molecule has 216 valence electrons. The van der Waals surface area contributed by atoms with Crippen LogP contribution in [0, 0.1) is 5.41 Å². The minimum absolute atomic E-state index is 0.0525. The van der Waals surface area contributed by atoms with E-state index in [1.807, 2.05) is 50.0 Å². The molecule has 1 saturated carbocycles. The summed E-state index contributed by atoms with van der Waals surface area (Å²) in [6, 6.07) is 15.3. The van der Waals surface area contributed by atoms with E-state index < -0.39 is 42.9 Å². The lowest BCUT2D eigenvalue weighted by molar-refractivity contribution is -0.242. The van der Waals surface area contributed by atoms with Crippen LogP contribution in [-0.2, 0) is 24.3 Å². The van der Waals surface area contributed by atoms with E-state index in [1.54, 1.807) is 48.0 Å². The molecule has 4 atom stereocenters. The Labute approximate surface area is 241 Å². The van der Waals surface area contributed by atoms with Crippen molar-refractivity contribution in [1.82, 2.24) is 4.90 Å². The first-order valence-electron chi connectivity index (χ1n) is 13.3. The zero-order valence-corrected chi connectivity index (χ0v) is 25.9. The number of nitrogens with zero attached hydrogens (tertiary/aromatic N) is 1. The Morgan fingerprint density at radius 2 is 1.80 bits per heavy atom. The second kappa shape index (κ2) is 11.2. The van der Waals surface area contributed by atoms with Crippen molar-refractivity contribution in [2.45, 2.75) is 54.6 Å². The number of benzene rings is 2. The topological polar surface area (TPSA) is 94.5 Å². The number of hydrogen-bond acceptors (Lipinski definition) is 8. The summed E-state index contributed by atoms with van der Waals surface area (Å²) in [5, 5.41) is 11.6. The van der Waals surface area contributed by atoms with Gasteiger partial charge in [-0.3, -0.25) is 9.59 Å². The fourth-order valence-corrected chi connectivity index (χ4v) is 8.84. The van der Waals surface area contributed by atoms with Crippen LogP contribution in [0.4, 0.5) is 0 Å². The number of aliphatic hydroxyl groups is 1. The number of aliphatic hydroxyl groups excluding tert-OH is 1. The van der Waals surface area contributed by atoms with E-state index in [2.05, 4.69) is 6.58 Å². The molecular formula is C30H39NO7SSi. The molecule has 2 aromatic rings. The molecular weight excluding hydrogens is 546 g/mol. The molecule has 0 radical (unpaired) electrons. The van der Waals surface area contributed by atoms with Crippen LogP contribution in [0.2, 0.25) is 19.6 Å². The molecule has 10 heteroatoms. The van der Waals surface area contributed by atoms with E-state index in [0.29, 0.717) is 23.5 Å². The molecule has 2 aromatic carbocycles. The van der Waals surface area contributed by atoms with E-state index in [4.69, 9.17) is 18.6 Å². The van der Waals surface area contributed by atoms with Crippen molar-refractivity contribution in [3.63, 3.8) is 0 Å². The zero-order chi connectivity index (χ0) is 29.3. The van der Waals surface area contributed by atoms with Gasteiger partial charge in [-0.25, -0.2) is 0 Å². The molecule has 0 bridgehead atoms. The maximum absolute atomic E-state index is 14.0. The molecule has 40 heavy (non-hydrogen) atoms. The third kappa shape index (κ3) is 4.45. The number of carbonyl (C=O) groups is 2. The molecule has 0 aromatic heterocycles. The lowest BCUT2D eigenvalue weighted by Gasteiger charge is -2.68. The highest BCUT2D eigenvalue weighted by atomic mass is 32.2. The maximum Gasteiger partial charge on any atom is 0.318 e. The molecule has 1 aliphatic carbocycles. The Morgan fingerprint density at radius 3 is 2.38 bits per heavy atom. The van der Waals surface area contributed by atoms with E-state index in [9.17, 15) is 14.7 Å². The lowest BCUT2D eigenvalue weighted by Crippen LogP contribution is -2.80. The fraction of sp³-hybridized carbons (Fsp3) is 0.467. The molecule has 4 rings (SSSR count). The lowest BCUT2D eigenvalue weighted by atomic mass is 9.43. The van der Waals surface area contributed by atoms with Crippen LogP contribution >= 0.6 is 11.8 Å². The zero-order valence-electron chi connectivity index (χ0n) is 24.1. The van der Waals surface area contributed by atoms with Crippen molar-refractivity contribution in [1.29, 1.82) is 0 Å². The smallest absolute Gasteiger partial charge is 0.318 e. The van der Waals surface area contributed by atoms with Crippen LogP contribution in [-0.4, -0.2) is 75.5 Å². The molecule has 2 fully saturated rings. The predicted molar refractivity (Wildman–Crippen MR) is 157 cm³/mol. The molecule has 1 amide bonds. The van der Waals surface area contributed by atoms with Gasteiger partial charge in [-0.2, -0.15) is 0 Å². The third-order valence-electron chi connectivity index (χ3n) is 7.88. The summed E-state index contributed by atoms with van der Waals surface area (Å²) < 4.78 is 23.3. The van der Waals surface area contributed by atoms with Crippen molar-refractivity contribution >= 4 is 32.0 Å². The summed E-state index contributed by atoms with van der Waals surface area (Å²) in [5.41, 5.74) is -3.62. The molecule has 2 aliphatic rings. The second-order valence-corrected chi connectivity index (χ2v) is 16.7. The summed E-state index contributed by atoms with van der Waals surface area (Å²) >= 11 is 1.68. The quantitative estimate of drug-likeness (QED) is 0.127. The van der Waals surface area contributed by atoms with Crippen LogP contribution < -0.4 is 9.47 Å². The number of thioether (sulfide) groups is 1. The van der Waals surface area contributed by atoms with Gasteiger partial charge in [0.05, 0.1) is 21.3 Å². The number of hydrogen-bond donors (Lipinski definition) is 1. The highest BCUT2D eigenvalue weighted by molar-refractivity contribution is 7.99. The van der Waals surface area contributed by atoms with Crippen LogP contribution in [0.5, 0.6) is 11.5 Å². The Bertz CT molecular complexity index is 1270. The van der Waals surface area contributed by atoms with E-state index in [-0.39, 0.29) is 13.0 Å². The average molecular weight is 586 g/mol. The average Bonchev–Trinajstić information content (AvgIpc) is 3.09. The maximum atomic E-state index is 14.0. The normalized spacial score (nSPS) is 27.5. The van der Waals surface area contributed by atoms with Gasteiger partial charge >= 0.3 is 5.97 Å². The number of methoxy groups -OCH3 is 3. The van der Waals surface area contributed by atoms with Gasteiger partial charge in [0.2, 0.25) is 0 Å². The van der Waals surface area contributed by atoms with Gasteiger partial charge in [0.15, 0.2) is 25.9 Å². The first-order valence-corrected chi connectivity index (χ1v) is 17.7. The van der Waals surface area contributed by atoms with Gasteiger partial charge < -0.3 is 28.6 Å². The van der Waals surface area contributed by atoms with Gasteiger partial charge in [-0.05, 0) is 61.6 Å². The van der Waals surface area contributed by atoms with Crippen molar-refractivity contribution in [3.05, 3.63) is 66.7 Å². The van der Waals surface area contributed by atoms with Crippen molar-refractivity contribution in [3.8, 4) is 11.5 Å². The number of amides is 1. The highest BCUT2D eigenvalue weighted by Gasteiger charge is 2.88. The van der Waals surface area contributed by atoms with E-state index >= 15 is 0 Å². The number of fused-ring (bicyclic) bond motifs is 1. The van der Waals surface area contributed by atoms with Crippen LogP contribution in [0.15, 0.2) is 66.1 Å². The standard InChI is InChI=1S/C30H39NO7SSi/c1-8-28(38-40(5,6)7)20-29(27(34)37-4)25(32)26(33)31(17-12-18-39-22-13-10-9-11-14-22)30(28,29)21-15-16-23(35-2)24(19-21)36-3/h8-11,13-16,19,25,32H,1,12,17-18,20H2,2-7H3/t25-,28-,29-,30-/m0/s1. The number of rotatable bonds is 12. The minimum atomic E-state index is -2.30. The van der Waals surface area contributed by atoms with Crippen molar-refractivity contribution < 1.29 is 33.3 Å². The summed E-state index contributed by atoms with van der Waals surface area (Å²) in [6.45, 7) is 10.6. The number of esters is 1. The highest BCUT2D eigenvalue weighted by Crippen LogP contribution is 2.73. The van der Waals surface area contributed by atoms with Gasteiger partial charge in [0.25, 0.3) is 5.91 Å². The monoisotopic (exact) mass is 585 g/mol. The first kappa shape index (κ1) is 30.2. The Balaban J connectivity index is 1.90. The Morgan fingerprint density at radius 1 is 1.12 bits per heavy atom. The molecule has 1 aliphatic heterocycles. The largest absolute Gasteiger partial charge is 0.493 e. The van der Waals surface area contributed by atoms with Gasteiger partial charge in [0.1, 0.15) is 16.6 Å². The second-order valence-electron chi connectivity index (χ2n) is 11.1. The van der Waals surface area contributed by atoms with E-state index in [0.717, 1.165) is 10.6 Å². The molecule has 1 N–H and O–H groups in total. The molecule has 0 spiro atoms. The predicted octanol–water partition coefficient (Wildman–Crippen LogP) is 4.62. The first-order chi connectivity index (χ1) is 19.0. The Hall–Kier alpha value is -2.79. The Kier molecular flexibility index (Phi) is 8.47. The summed E-state index contributed by atoms with van der Waals surface area (Å²) in [7, 11) is 2.05. The third-order valence-corrected chi connectivity index (χ3v) is 9.95. The van der Waals surface area contributed by atoms with Gasteiger partial charge in [-0.1, -0.05) is 30.3 Å². The molecule has 8 nitrogen and oxygen atoms in total. The van der Waals surface area contributed by atoms with Gasteiger partial charge in [0, 0.05) is 17.9 Å². The summed E-state index contributed by atoms with van der Waals surface area (Å²) in [6.07, 6.45) is 0.745. The van der Waals surface area contributed by atoms with Gasteiger partial charge in [-0.15, -0.1) is 18.3 Å². The minimum Gasteiger partial charge on any atom is -0.493 e. The van der Waals surface area contributed by atoms with Crippen molar-refractivity contribution in [2.75, 3.05) is 33.6 Å². The summed E-state index contributed by atoms with van der Waals surface area (Å²) in [5.74, 6) is 0.456.